The molecule has 0 bridgehead atoms. The fourth-order valence-electron chi connectivity index (χ4n) is 1.15. The second kappa shape index (κ2) is 3.85. The molecule has 0 atom stereocenters. The lowest BCUT2D eigenvalue weighted by Crippen LogP contribution is -1.83. The zero-order chi connectivity index (χ0) is 9.97. The standard InChI is InChI=1S/C8H7N3OS2/c1-5-8(10-11-14-5)6-2-3-13-7(6)4-9-12/h2-4,12H,1H3/b9-4+. The lowest BCUT2D eigenvalue weighted by molar-refractivity contribution is 0.322. The van der Waals surface area contributed by atoms with Gasteiger partial charge in [-0.15, -0.1) is 16.4 Å². The average Bonchev–Trinajstić information content (AvgIpc) is 2.74. The molecular formula is C8H7N3OS2. The zero-order valence-electron chi connectivity index (χ0n) is 7.34. The van der Waals surface area contributed by atoms with Gasteiger partial charge in [-0.25, -0.2) is 0 Å². The van der Waals surface area contributed by atoms with Gasteiger partial charge in [0.15, 0.2) is 0 Å². The van der Waals surface area contributed by atoms with E-state index >= 15 is 0 Å². The molecule has 0 saturated heterocycles. The van der Waals surface area contributed by atoms with Crippen molar-refractivity contribution < 1.29 is 5.21 Å². The highest BCUT2D eigenvalue weighted by Crippen LogP contribution is 2.28. The summed E-state index contributed by atoms with van der Waals surface area (Å²) in [6.07, 6.45) is 1.42. The molecule has 0 amide bonds. The first-order chi connectivity index (χ1) is 6.83. The Morgan fingerprint density at radius 1 is 1.57 bits per heavy atom. The van der Waals surface area contributed by atoms with Crippen molar-refractivity contribution in [1.82, 2.24) is 9.59 Å². The van der Waals surface area contributed by atoms with E-state index < -0.39 is 0 Å². The van der Waals surface area contributed by atoms with E-state index in [4.69, 9.17) is 5.21 Å². The summed E-state index contributed by atoms with van der Waals surface area (Å²) in [5.74, 6) is 0. The van der Waals surface area contributed by atoms with Crippen LogP contribution in [0, 0.1) is 6.92 Å². The summed E-state index contributed by atoms with van der Waals surface area (Å²) in [4.78, 5) is 1.96. The molecule has 2 rings (SSSR count). The highest BCUT2D eigenvalue weighted by molar-refractivity contribution is 7.12. The number of nitrogens with zero attached hydrogens (tertiary/aromatic N) is 3. The van der Waals surface area contributed by atoms with Gasteiger partial charge in [0.25, 0.3) is 0 Å². The van der Waals surface area contributed by atoms with Crippen LogP contribution in [0.1, 0.15) is 9.75 Å². The largest absolute Gasteiger partial charge is 0.411 e. The van der Waals surface area contributed by atoms with E-state index in [1.165, 1.54) is 29.1 Å². The summed E-state index contributed by atoms with van der Waals surface area (Å²) in [7, 11) is 0. The van der Waals surface area contributed by atoms with E-state index in [-0.39, 0.29) is 0 Å². The van der Waals surface area contributed by atoms with Gasteiger partial charge in [0.2, 0.25) is 0 Å². The van der Waals surface area contributed by atoms with E-state index in [1.54, 1.807) is 0 Å². The maximum atomic E-state index is 8.47. The number of aromatic nitrogens is 2. The van der Waals surface area contributed by atoms with Crippen molar-refractivity contribution in [3.63, 3.8) is 0 Å². The minimum atomic E-state index is 0.867. The molecule has 0 unspecified atom stereocenters. The van der Waals surface area contributed by atoms with Crippen molar-refractivity contribution in [3.05, 3.63) is 21.2 Å². The Morgan fingerprint density at radius 3 is 3.07 bits per heavy atom. The molecule has 0 radical (unpaired) electrons. The summed E-state index contributed by atoms with van der Waals surface area (Å²) in [6, 6.07) is 1.95. The second-order valence-electron chi connectivity index (χ2n) is 2.62. The van der Waals surface area contributed by atoms with Crippen LogP contribution in [0.4, 0.5) is 0 Å². The summed E-state index contributed by atoms with van der Waals surface area (Å²) in [6.45, 7) is 1.97. The lowest BCUT2D eigenvalue weighted by Gasteiger charge is -1.94. The monoisotopic (exact) mass is 225 g/mol. The van der Waals surface area contributed by atoms with Gasteiger partial charge >= 0.3 is 0 Å². The maximum absolute atomic E-state index is 8.47. The van der Waals surface area contributed by atoms with Crippen LogP contribution in [-0.2, 0) is 0 Å². The third kappa shape index (κ3) is 1.53. The number of thiophene rings is 1. The fourth-order valence-corrected chi connectivity index (χ4v) is 2.38. The Bertz CT molecular complexity index is 461. The molecule has 2 heterocycles. The average molecular weight is 225 g/mol. The zero-order valence-corrected chi connectivity index (χ0v) is 8.97. The van der Waals surface area contributed by atoms with Crippen molar-refractivity contribution in [2.75, 3.05) is 0 Å². The Balaban J connectivity index is 2.51. The number of oxime groups is 1. The van der Waals surface area contributed by atoms with Crippen molar-refractivity contribution in [1.29, 1.82) is 0 Å². The molecule has 0 saturated carbocycles. The topological polar surface area (TPSA) is 58.4 Å². The molecular weight excluding hydrogens is 218 g/mol. The molecule has 14 heavy (non-hydrogen) atoms. The van der Waals surface area contributed by atoms with E-state index in [1.807, 2.05) is 18.4 Å². The van der Waals surface area contributed by atoms with Gasteiger partial charge in [0.05, 0.1) is 16.0 Å². The van der Waals surface area contributed by atoms with Crippen LogP contribution >= 0.6 is 22.9 Å². The highest BCUT2D eigenvalue weighted by Gasteiger charge is 2.11. The molecule has 0 spiro atoms. The normalized spacial score (nSPS) is 11.2. The molecule has 0 fully saturated rings. The molecule has 72 valence electrons. The molecule has 1 N–H and O–H groups in total. The summed E-state index contributed by atoms with van der Waals surface area (Å²) >= 11 is 2.87. The summed E-state index contributed by atoms with van der Waals surface area (Å²) < 4.78 is 3.87. The van der Waals surface area contributed by atoms with Gasteiger partial charge < -0.3 is 5.21 Å². The fraction of sp³-hybridized carbons (Fsp3) is 0.125. The van der Waals surface area contributed by atoms with Crippen LogP contribution in [0.5, 0.6) is 0 Å². The van der Waals surface area contributed by atoms with Crippen molar-refractivity contribution in [3.8, 4) is 11.3 Å². The quantitative estimate of drug-likeness (QED) is 0.485. The molecule has 6 heteroatoms. The first-order valence-corrected chi connectivity index (χ1v) is 5.52. The van der Waals surface area contributed by atoms with Crippen LogP contribution in [0.2, 0.25) is 0 Å². The van der Waals surface area contributed by atoms with E-state index in [9.17, 15) is 0 Å². The number of aryl methyl sites for hydroxylation is 1. The number of hydrogen-bond donors (Lipinski definition) is 1. The van der Waals surface area contributed by atoms with E-state index in [2.05, 4.69) is 14.7 Å². The van der Waals surface area contributed by atoms with Crippen LogP contribution in [0.3, 0.4) is 0 Å². The Labute approximate surface area is 88.7 Å². The highest BCUT2D eigenvalue weighted by atomic mass is 32.1. The van der Waals surface area contributed by atoms with Crippen LogP contribution in [0.25, 0.3) is 11.3 Å². The molecule has 0 aromatic carbocycles. The van der Waals surface area contributed by atoms with Crippen molar-refractivity contribution >= 4 is 29.1 Å². The Hall–Kier alpha value is -1.27. The lowest BCUT2D eigenvalue weighted by atomic mass is 10.2. The first-order valence-electron chi connectivity index (χ1n) is 3.87. The number of rotatable bonds is 2. The van der Waals surface area contributed by atoms with Gasteiger partial charge in [-0.3, -0.25) is 0 Å². The molecule has 4 nitrogen and oxygen atoms in total. The molecule has 0 aliphatic carbocycles. The van der Waals surface area contributed by atoms with Crippen molar-refractivity contribution in [2.24, 2.45) is 5.16 Å². The van der Waals surface area contributed by atoms with Crippen LogP contribution in [-0.4, -0.2) is 21.0 Å². The number of hydrogen-bond acceptors (Lipinski definition) is 6. The first kappa shape index (κ1) is 9.29. The third-order valence-electron chi connectivity index (χ3n) is 1.78. The summed E-state index contributed by atoms with van der Waals surface area (Å²) in [5, 5.41) is 17.5. The van der Waals surface area contributed by atoms with Gasteiger partial charge in [0.1, 0.15) is 5.69 Å². The van der Waals surface area contributed by atoms with E-state index in [0.717, 1.165) is 21.0 Å². The minimum absolute atomic E-state index is 0.867. The summed E-state index contributed by atoms with van der Waals surface area (Å²) in [5.41, 5.74) is 1.84. The van der Waals surface area contributed by atoms with Crippen LogP contribution < -0.4 is 0 Å². The smallest absolute Gasteiger partial charge is 0.110 e. The SMILES string of the molecule is Cc1snnc1-c1ccsc1/C=N/O. The van der Waals surface area contributed by atoms with Crippen LogP contribution in [0.15, 0.2) is 16.6 Å². The molecule has 0 aliphatic heterocycles. The Kier molecular flexibility index (Phi) is 2.55. The van der Waals surface area contributed by atoms with Gasteiger partial charge in [-0.1, -0.05) is 9.64 Å². The van der Waals surface area contributed by atoms with Gasteiger partial charge in [-0.05, 0) is 29.9 Å². The maximum Gasteiger partial charge on any atom is 0.110 e. The minimum Gasteiger partial charge on any atom is -0.411 e. The third-order valence-corrected chi connectivity index (χ3v) is 3.26. The predicted octanol–water partition coefficient (Wildman–Crippen LogP) is 2.38. The molecule has 2 aromatic rings. The molecule has 0 aliphatic rings. The molecule has 2 aromatic heterocycles. The Morgan fingerprint density at radius 2 is 2.43 bits per heavy atom. The van der Waals surface area contributed by atoms with E-state index in [0.29, 0.717) is 0 Å². The predicted molar refractivity (Wildman–Crippen MR) is 57.3 cm³/mol. The second-order valence-corrected chi connectivity index (χ2v) is 4.53. The van der Waals surface area contributed by atoms with Crippen molar-refractivity contribution in [2.45, 2.75) is 6.92 Å². The van der Waals surface area contributed by atoms with Gasteiger partial charge in [0, 0.05) is 5.56 Å². The van der Waals surface area contributed by atoms with Gasteiger partial charge in [-0.2, -0.15) is 0 Å².